The van der Waals surface area contributed by atoms with Gasteiger partial charge in [-0.15, -0.1) is 0 Å². The van der Waals surface area contributed by atoms with Crippen molar-refractivity contribution in [2.45, 2.75) is 32.3 Å². The standard InChI is InChI=1S/C18H27NO4/c1-23-11-3-9-18(14-21)8-2-10-19(13-18)17(22)16-6-4-15(12-20)5-7-16/h4-7,20-21H,2-3,8-14H2,1H3. The van der Waals surface area contributed by atoms with Crippen LogP contribution in [0.2, 0.25) is 0 Å². The van der Waals surface area contributed by atoms with Crippen LogP contribution in [-0.4, -0.2) is 54.4 Å². The monoisotopic (exact) mass is 321 g/mol. The Hall–Kier alpha value is -1.43. The molecule has 1 aliphatic rings. The fourth-order valence-corrected chi connectivity index (χ4v) is 3.32. The lowest BCUT2D eigenvalue weighted by atomic mass is 9.77. The van der Waals surface area contributed by atoms with Crippen molar-refractivity contribution in [1.82, 2.24) is 4.90 Å². The predicted octanol–water partition coefficient (Wildman–Crippen LogP) is 1.82. The summed E-state index contributed by atoms with van der Waals surface area (Å²) in [4.78, 5) is 14.5. The summed E-state index contributed by atoms with van der Waals surface area (Å²) in [5.41, 5.74) is 1.22. The molecule has 1 amide bonds. The molecule has 0 saturated carbocycles. The van der Waals surface area contributed by atoms with E-state index in [1.807, 2.05) is 4.90 Å². The van der Waals surface area contributed by atoms with E-state index in [0.717, 1.165) is 37.8 Å². The normalized spacial score (nSPS) is 21.4. The Morgan fingerprint density at radius 2 is 2.04 bits per heavy atom. The number of aliphatic hydroxyl groups is 2. The molecular formula is C18H27NO4. The molecular weight excluding hydrogens is 294 g/mol. The summed E-state index contributed by atoms with van der Waals surface area (Å²) < 4.78 is 5.11. The first-order valence-corrected chi connectivity index (χ1v) is 8.23. The highest BCUT2D eigenvalue weighted by Gasteiger charge is 2.36. The molecule has 1 unspecified atom stereocenters. The van der Waals surface area contributed by atoms with E-state index < -0.39 is 0 Å². The van der Waals surface area contributed by atoms with Gasteiger partial charge >= 0.3 is 0 Å². The second-order valence-electron chi connectivity index (χ2n) is 6.44. The second-order valence-corrected chi connectivity index (χ2v) is 6.44. The Kier molecular flexibility index (Phi) is 6.57. The number of carbonyl (C=O) groups excluding carboxylic acids is 1. The van der Waals surface area contributed by atoms with Gasteiger partial charge in [0.05, 0.1) is 13.2 Å². The van der Waals surface area contributed by atoms with E-state index in [4.69, 9.17) is 9.84 Å². The summed E-state index contributed by atoms with van der Waals surface area (Å²) >= 11 is 0. The third-order valence-electron chi connectivity index (χ3n) is 4.72. The molecule has 0 spiro atoms. The molecule has 0 radical (unpaired) electrons. The third-order valence-corrected chi connectivity index (χ3v) is 4.72. The molecule has 5 nitrogen and oxygen atoms in total. The third kappa shape index (κ3) is 4.53. The van der Waals surface area contributed by atoms with Crippen LogP contribution < -0.4 is 0 Å². The van der Waals surface area contributed by atoms with Crippen LogP contribution in [0, 0.1) is 5.41 Å². The van der Waals surface area contributed by atoms with E-state index in [2.05, 4.69) is 0 Å². The number of aliphatic hydroxyl groups excluding tert-OH is 2. The molecule has 1 fully saturated rings. The number of rotatable bonds is 7. The minimum absolute atomic E-state index is 0.00115. The molecule has 0 bridgehead atoms. The van der Waals surface area contributed by atoms with Crippen molar-refractivity contribution in [3.63, 3.8) is 0 Å². The number of piperidine rings is 1. The quantitative estimate of drug-likeness (QED) is 0.752. The van der Waals surface area contributed by atoms with Gasteiger partial charge in [-0.3, -0.25) is 4.79 Å². The zero-order valence-electron chi connectivity index (χ0n) is 13.8. The molecule has 1 atom stereocenters. The van der Waals surface area contributed by atoms with Crippen molar-refractivity contribution in [2.24, 2.45) is 5.41 Å². The average Bonchev–Trinajstić information content (AvgIpc) is 2.61. The Morgan fingerprint density at radius 3 is 2.65 bits per heavy atom. The van der Waals surface area contributed by atoms with Gasteiger partial charge in [-0.2, -0.15) is 0 Å². The number of carbonyl (C=O) groups is 1. The van der Waals surface area contributed by atoms with Gasteiger partial charge in [0.2, 0.25) is 0 Å². The summed E-state index contributed by atoms with van der Waals surface area (Å²) in [6, 6.07) is 7.06. The Balaban J connectivity index is 2.04. The molecule has 128 valence electrons. The van der Waals surface area contributed by atoms with Crippen molar-refractivity contribution < 1.29 is 19.7 Å². The van der Waals surface area contributed by atoms with Crippen LogP contribution in [0.3, 0.4) is 0 Å². The number of hydrogen-bond acceptors (Lipinski definition) is 4. The minimum atomic E-state index is -0.211. The first-order chi connectivity index (χ1) is 11.1. The Bertz CT molecular complexity index is 502. The van der Waals surface area contributed by atoms with Crippen LogP contribution in [-0.2, 0) is 11.3 Å². The summed E-state index contributed by atoms with van der Waals surface area (Å²) in [6.07, 6.45) is 3.61. The smallest absolute Gasteiger partial charge is 0.253 e. The fourth-order valence-electron chi connectivity index (χ4n) is 3.32. The Labute approximate surface area is 137 Å². The van der Waals surface area contributed by atoms with Crippen LogP contribution in [0.25, 0.3) is 0 Å². The zero-order valence-corrected chi connectivity index (χ0v) is 13.8. The fraction of sp³-hybridized carbons (Fsp3) is 0.611. The molecule has 5 heteroatoms. The lowest BCUT2D eigenvalue weighted by Crippen LogP contribution is -2.48. The van der Waals surface area contributed by atoms with Crippen LogP contribution in [0.4, 0.5) is 0 Å². The Morgan fingerprint density at radius 1 is 1.30 bits per heavy atom. The van der Waals surface area contributed by atoms with Crippen LogP contribution in [0.15, 0.2) is 24.3 Å². The molecule has 0 aliphatic carbocycles. The van der Waals surface area contributed by atoms with Gasteiger partial charge in [0.25, 0.3) is 5.91 Å². The van der Waals surface area contributed by atoms with E-state index in [1.165, 1.54) is 0 Å². The van der Waals surface area contributed by atoms with Gasteiger partial charge in [0.1, 0.15) is 0 Å². The van der Waals surface area contributed by atoms with Crippen molar-refractivity contribution in [2.75, 3.05) is 33.4 Å². The van der Waals surface area contributed by atoms with Crippen molar-refractivity contribution >= 4 is 5.91 Å². The highest BCUT2D eigenvalue weighted by molar-refractivity contribution is 5.94. The van der Waals surface area contributed by atoms with Crippen molar-refractivity contribution in [3.05, 3.63) is 35.4 Å². The topological polar surface area (TPSA) is 70.0 Å². The van der Waals surface area contributed by atoms with Gasteiger partial charge in [-0.25, -0.2) is 0 Å². The molecule has 0 aromatic heterocycles. The second kappa shape index (κ2) is 8.43. The van der Waals surface area contributed by atoms with E-state index in [1.54, 1.807) is 31.4 Å². The molecule has 2 rings (SSSR count). The predicted molar refractivity (Wildman–Crippen MR) is 88.1 cm³/mol. The highest BCUT2D eigenvalue weighted by Crippen LogP contribution is 2.34. The van der Waals surface area contributed by atoms with Crippen LogP contribution in [0.5, 0.6) is 0 Å². The van der Waals surface area contributed by atoms with E-state index in [-0.39, 0.29) is 24.5 Å². The molecule has 1 aromatic rings. The number of amides is 1. The number of ether oxygens (including phenoxy) is 1. The first-order valence-electron chi connectivity index (χ1n) is 8.23. The molecule has 1 aliphatic heterocycles. The maximum atomic E-state index is 12.7. The lowest BCUT2D eigenvalue weighted by Gasteiger charge is -2.42. The number of methoxy groups -OCH3 is 1. The zero-order chi connectivity index (χ0) is 16.7. The van der Waals surface area contributed by atoms with E-state index in [9.17, 15) is 9.90 Å². The summed E-state index contributed by atoms with van der Waals surface area (Å²) in [7, 11) is 1.68. The van der Waals surface area contributed by atoms with Crippen LogP contribution in [0.1, 0.15) is 41.6 Å². The van der Waals surface area contributed by atoms with Crippen molar-refractivity contribution in [3.8, 4) is 0 Å². The molecule has 2 N–H and O–H groups in total. The SMILES string of the molecule is COCCCC1(CO)CCCN(C(=O)c2ccc(CO)cc2)C1. The van der Waals surface area contributed by atoms with Crippen LogP contribution >= 0.6 is 0 Å². The maximum absolute atomic E-state index is 12.7. The van der Waals surface area contributed by atoms with Gasteiger partial charge in [-0.05, 0) is 43.4 Å². The van der Waals surface area contributed by atoms with E-state index in [0.29, 0.717) is 18.7 Å². The van der Waals surface area contributed by atoms with Gasteiger partial charge in [-0.1, -0.05) is 12.1 Å². The number of hydrogen-bond donors (Lipinski definition) is 2. The largest absolute Gasteiger partial charge is 0.396 e. The summed E-state index contributed by atoms with van der Waals surface area (Å²) in [6.45, 7) is 2.08. The summed E-state index contributed by atoms with van der Waals surface area (Å²) in [5.74, 6) is -0.00115. The lowest BCUT2D eigenvalue weighted by molar-refractivity contribution is 0.0180. The first kappa shape index (κ1) is 17.9. The average molecular weight is 321 g/mol. The number of benzene rings is 1. The molecule has 1 aromatic carbocycles. The molecule has 23 heavy (non-hydrogen) atoms. The minimum Gasteiger partial charge on any atom is -0.396 e. The van der Waals surface area contributed by atoms with Gasteiger partial charge in [0, 0.05) is 37.8 Å². The highest BCUT2D eigenvalue weighted by atomic mass is 16.5. The van der Waals surface area contributed by atoms with Crippen molar-refractivity contribution in [1.29, 1.82) is 0 Å². The number of nitrogens with zero attached hydrogens (tertiary/aromatic N) is 1. The van der Waals surface area contributed by atoms with Gasteiger partial charge in [0.15, 0.2) is 0 Å². The molecule has 1 heterocycles. The van der Waals surface area contributed by atoms with E-state index >= 15 is 0 Å². The summed E-state index contributed by atoms with van der Waals surface area (Å²) in [5, 5.41) is 19.0. The van der Waals surface area contributed by atoms with Gasteiger partial charge < -0.3 is 19.8 Å². The molecule has 1 saturated heterocycles. The maximum Gasteiger partial charge on any atom is 0.253 e. The number of likely N-dealkylation sites (tertiary alicyclic amines) is 1.